The molecule has 15 heavy (non-hydrogen) atoms. The summed E-state index contributed by atoms with van der Waals surface area (Å²) in [6.45, 7) is 13.0. The third-order valence-corrected chi connectivity index (χ3v) is 3.30. The first kappa shape index (κ1) is 14.4. The normalized spacial score (nSPS) is 18.1. The van der Waals surface area contributed by atoms with Gasteiger partial charge in [0.1, 0.15) is 0 Å². The zero-order chi connectivity index (χ0) is 12.3. The molecule has 0 aromatic rings. The van der Waals surface area contributed by atoms with E-state index in [9.17, 15) is 4.79 Å². The molecule has 0 aromatic heterocycles. The van der Waals surface area contributed by atoms with E-state index in [-0.39, 0.29) is 11.3 Å². The molecule has 0 aliphatic carbocycles. The van der Waals surface area contributed by atoms with Crippen LogP contribution in [0.1, 0.15) is 48.0 Å². The van der Waals surface area contributed by atoms with Crippen LogP contribution in [0.2, 0.25) is 0 Å². The van der Waals surface area contributed by atoms with Gasteiger partial charge in [0.15, 0.2) is 0 Å². The summed E-state index contributed by atoms with van der Waals surface area (Å²) in [6.07, 6.45) is 0.655. The first-order valence-electron chi connectivity index (χ1n) is 5.68. The third kappa shape index (κ3) is 4.65. The molecule has 2 atom stereocenters. The SMILES string of the molecule is CCC(C)(N)C(=O)NCC(C)C(C)(C)C. The molecule has 1 amide bonds. The van der Waals surface area contributed by atoms with Crippen LogP contribution in [-0.4, -0.2) is 18.0 Å². The molecule has 0 aliphatic rings. The summed E-state index contributed by atoms with van der Waals surface area (Å²) in [4.78, 5) is 11.7. The van der Waals surface area contributed by atoms with E-state index in [1.807, 2.05) is 6.92 Å². The molecule has 90 valence electrons. The fourth-order valence-electron chi connectivity index (χ4n) is 0.914. The van der Waals surface area contributed by atoms with E-state index < -0.39 is 5.54 Å². The Morgan fingerprint density at radius 1 is 1.33 bits per heavy atom. The van der Waals surface area contributed by atoms with Gasteiger partial charge in [-0.1, -0.05) is 34.6 Å². The van der Waals surface area contributed by atoms with E-state index >= 15 is 0 Å². The van der Waals surface area contributed by atoms with Gasteiger partial charge in [0.25, 0.3) is 0 Å². The van der Waals surface area contributed by atoms with Gasteiger partial charge >= 0.3 is 0 Å². The predicted molar refractivity (Wildman–Crippen MR) is 64.5 cm³/mol. The van der Waals surface area contributed by atoms with E-state index in [1.54, 1.807) is 6.92 Å². The van der Waals surface area contributed by atoms with Gasteiger partial charge in [-0.05, 0) is 24.7 Å². The highest BCUT2D eigenvalue weighted by Crippen LogP contribution is 2.24. The zero-order valence-electron chi connectivity index (χ0n) is 11.0. The summed E-state index contributed by atoms with van der Waals surface area (Å²) in [6, 6.07) is 0. The summed E-state index contributed by atoms with van der Waals surface area (Å²) < 4.78 is 0. The highest BCUT2D eigenvalue weighted by Gasteiger charge is 2.27. The minimum atomic E-state index is -0.738. The molecule has 3 nitrogen and oxygen atoms in total. The molecule has 0 bridgehead atoms. The van der Waals surface area contributed by atoms with Gasteiger partial charge in [-0.15, -0.1) is 0 Å². The largest absolute Gasteiger partial charge is 0.354 e. The van der Waals surface area contributed by atoms with Crippen molar-refractivity contribution in [1.82, 2.24) is 5.32 Å². The lowest BCUT2D eigenvalue weighted by molar-refractivity contribution is -0.126. The van der Waals surface area contributed by atoms with Gasteiger partial charge in [0.2, 0.25) is 5.91 Å². The number of carbonyl (C=O) groups excluding carboxylic acids is 1. The second-order valence-electron chi connectivity index (χ2n) is 5.75. The van der Waals surface area contributed by atoms with E-state index in [1.165, 1.54) is 0 Å². The van der Waals surface area contributed by atoms with Crippen molar-refractivity contribution in [3.05, 3.63) is 0 Å². The maximum absolute atomic E-state index is 11.7. The summed E-state index contributed by atoms with van der Waals surface area (Å²) in [5, 5.41) is 2.92. The van der Waals surface area contributed by atoms with Crippen molar-refractivity contribution in [2.75, 3.05) is 6.54 Å². The van der Waals surface area contributed by atoms with Crippen molar-refractivity contribution in [2.24, 2.45) is 17.1 Å². The second-order valence-corrected chi connectivity index (χ2v) is 5.75. The van der Waals surface area contributed by atoms with Crippen molar-refractivity contribution in [2.45, 2.75) is 53.5 Å². The molecule has 0 saturated carbocycles. The number of hydrogen-bond donors (Lipinski definition) is 2. The Labute approximate surface area is 93.8 Å². The Hall–Kier alpha value is -0.570. The first-order valence-corrected chi connectivity index (χ1v) is 5.68. The van der Waals surface area contributed by atoms with Crippen LogP contribution in [0.15, 0.2) is 0 Å². The average Bonchev–Trinajstić information content (AvgIpc) is 2.11. The van der Waals surface area contributed by atoms with E-state index in [0.717, 1.165) is 0 Å². The molecule has 2 unspecified atom stereocenters. The third-order valence-electron chi connectivity index (χ3n) is 3.30. The molecule has 3 N–H and O–H groups in total. The maximum Gasteiger partial charge on any atom is 0.239 e. The molecular formula is C12H26N2O. The molecule has 0 fully saturated rings. The molecule has 0 rings (SSSR count). The van der Waals surface area contributed by atoms with Crippen LogP contribution < -0.4 is 11.1 Å². The van der Waals surface area contributed by atoms with Crippen molar-refractivity contribution < 1.29 is 4.79 Å². The molecule has 0 heterocycles. The van der Waals surface area contributed by atoms with Crippen molar-refractivity contribution in [3.63, 3.8) is 0 Å². The van der Waals surface area contributed by atoms with Crippen LogP contribution in [0.25, 0.3) is 0 Å². The molecule has 0 radical (unpaired) electrons. The fourth-order valence-corrected chi connectivity index (χ4v) is 0.914. The molecule has 0 aliphatic heterocycles. The van der Waals surface area contributed by atoms with E-state index in [4.69, 9.17) is 5.73 Å². The van der Waals surface area contributed by atoms with Gasteiger partial charge in [0, 0.05) is 6.54 Å². The van der Waals surface area contributed by atoms with Crippen LogP contribution in [0.5, 0.6) is 0 Å². The Morgan fingerprint density at radius 2 is 1.80 bits per heavy atom. The van der Waals surface area contributed by atoms with Crippen LogP contribution in [0, 0.1) is 11.3 Å². The number of nitrogens with two attached hydrogens (primary N) is 1. The Bertz CT molecular complexity index is 216. The molecular weight excluding hydrogens is 188 g/mol. The van der Waals surface area contributed by atoms with Crippen molar-refractivity contribution >= 4 is 5.91 Å². The monoisotopic (exact) mass is 214 g/mol. The van der Waals surface area contributed by atoms with Gasteiger partial charge in [0.05, 0.1) is 5.54 Å². The highest BCUT2D eigenvalue weighted by molar-refractivity contribution is 5.85. The number of nitrogens with one attached hydrogen (secondary N) is 1. The Balaban J connectivity index is 4.13. The van der Waals surface area contributed by atoms with E-state index in [0.29, 0.717) is 18.9 Å². The minimum Gasteiger partial charge on any atom is -0.354 e. The lowest BCUT2D eigenvalue weighted by atomic mass is 9.82. The van der Waals surface area contributed by atoms with Gasteiger partial charge in [-0.3, -0.25) is 4.79 Å². The zero-order valence-corrected chi connectivity index (χ0v) is 11.0. The molecule has 0 spiro atoms. The first-order chi connectivity index (χ1) is 6.61. The summed E-state index contributed by atoms with van der Waals surface area (Å²) >= 11 is 0. The van der Waals surface area contributed by atoms with Crippen molar-refractivity contribution in [3.8, 4) is 0 Å². The number of amides is 1. The summed E-state index contributed by atoms with van der Waals surface area (Å²) in [5.41, 5.74) is 5.32. The van der Waals surface area contributed by atoms with Crippen LogP contribution in [-0.2, 0) is 4.79 Å². The highest BCUT2D eigenvalue weighted by atomic mass is 16.2. The number of carbonyl (C=O) groups is 1. The van der Waals surface area contributed by atoms with Crippen molar-refractivity contribution in [1.29, 1.82) is 0 Å². The standard InChI is InChI=1S/C12H26N2O/c1-7-12(6,13)10(15)14-8-9(2)11(3,4)5/h9H,7-8,13H2,1-6H3,(H,14,15). The molecule has 0 saturated heterocycles. The number of hydrogen-bond acceptors (Lipinski definition) is 2. The number of rotatable bonds is 4. The van der Waals surface area contributed by atoms with Crippen LogP contribution in [0.4, 0.5) is 0 Å². The Morgan fingerprint density at radius 3 is 2.13 bits per heavy atom. The van der Waals surface area contributed by atoms with Gasteiger partial charge in [-0.2, -0.15) is 0 Å². The topological polar surface area (TPSA) is 55.1 Å². The maximum atomic E-state index is 11.7. The minimum absolute atomic E-state index is 0.0545. The fraction of sp³-hybridized carbons (Fsp3) is 0.917. The molecule has 3 heteroatoms. The van der Waals surface area contributed by atoms with Crippen LogP contribution >= 0.6 is 0 Å². The Kier molecular flexibility index (Phi) is 4.78. The van der Waals surface area contributed by atoms with Gasteiger partial charge < -0.3 is 11.1 Å². The summed E-state index contributed by atoms with van der Waals surface area (Å²) in [7, 11) is 0. The van der Waals surface area contributed by atoms with Crippen LogP contribution in [0.3, 0.4) is 0 Å². The average molecular weight is 214 g/mol. The lowest BCUT2D eigenvalue weighted by Crippen LogP contribution is -2.52. The molecule has 0 aromatic carbocycles. The second kappa shape index (κ2) is 4.97. The van der Waals surface area contributed by atoms with E-state index in [2.05, 4.69) is 33.0 Å². The summed E-state index contributed by atoms with van der Waals surface area (Å²) in [5.74, 6) is 0.384. The quantitative estimate of drug-likeness (QED) is 0.751. The van der Waals surface area contributed by atoms with Gasteiger partial charge in [-0.25, -0.2) is 0 Å². The smallest absolute Gasteiger partial charge is 0.239 e. The lowest BCUT2D eigenvalue weighted by Gasteiger charge is -2.29. The predicted octanol–water partition coefficient (Wildman–Crippen LogP) is 1.91.